The van der Waals surface area contributed by atoms with Crippen molar-refractivity contribution in [1.29, 1.82) is 0 Å². The highest BCUT2D eigenvalue weighted by molar-refractivity contribution is 5.94. The van der Waals surface area contributed by atoms with E-state index in [4.69, 9.17) is 5.11 Å². The molecule has 10 nitrogen and oxygen atoms in total. The molecule has 0 aliphatic carbocycles. The third-order valence-corrected chi connectivity index (χ3v) is 6.53. The van der Waals surface area contributed by atoms with Crippen molar-refractivity contribution in [3.05, 3.63) is 88.6 Å². The van der Waals surface area contributed by atoms with E-state index >= 15 is 0 Å². The van der Waals surface area contributed by atoms with Gasteiger partial charge >= 0.3 is 5.97 Å². The molecular formula is C30H37N5O5. The highest BCUT2D eigenvalue weighted by Crippen LogP contribution is 2.25. The maximum Gasteiger partial charge on any atom is 0.307 e. The number of benzene rings is 2. The largest absolute Gasteiger partial charge is 0.481 e. The number of rotatable bonds is 6. The first kappa shape index (κ1) is 30.2. The van der Waals surface area contributed by atoms with Crippen LogP contribution in [0.3, 0.4) is 0 Å². The van der Waals surface area contributed by atoms with Gasteiger partial charge in [-0.25, -0.2) is 9.67 Å². The molecule has 10 heteroatoms. The maximum absolute atomic E-state index is 13.2. The molecule has 4 aromatic rings. The van der Waals surface area contributed by atoms with Gasteiger partial charge in [-0.2, -0.15) is 5.10 Å². The maximum atomic E-state index is 13.2. The van der Waals surface area contributed by atoms with Crippen LogP contribution in [0.5, 0.6) is 0 Å². The molecule has 2 aromatic heterocycles. The van der Waals surface area contributed by atoms with Crippen LogP contribution in [0.2, 0.25) is 0 Å². The fourth-order valence-corrected chi connectivity index (χ4v) is 4.59. The van der Waals surface area contributed by atoms with Gasteiger partial charge in [0.05, 0.1) is 30.5 Å². The van der Waals surface area contributed by atoms with Gasteiger partial charge in [-0.15, -0.1) is 0 Å². The number of piperidine rings is 1. The summed E-state index contributed by atoms with van der Waals surface area (Å²) in [7, 11) is 0. The van der Waals surface area contributed by atoms with Gasteiger partial charge in [0.1, 0.15) is 11.7 Å². The molecule has 1 fully saturated rings. The number of carbonyl (C=O) groups is 2. The standard InChI is InChI=1S/C26H25N5O5.2C2H6/c32-22(33)14-18-5-4-8-20(13-18)31-23-21(15-28-31)25(35)30(17-27-23)16-26(36)9-11-29(12-10-26)24(34)19-6-2-1-3-7-19;2*1-2/h1-8,13,15,17,36H,9-12,14,16H2,(H,32,33);2*1-2H3. The summed E-state index contributed by atoms with van der Waals surface area (Å²) in [4.78, 5) is 43.1. The van der Waals surface area contributed by atoms with Crippen LogP contribution >= 0.6 is 0 Å². The van der Waals surface area contributed by atoms with E-state index < -0.39 is 11.6 Å². The van der Waals surface area contributed by atoms with Crippen molar-refractivity contribution in [1.82, 2.24) is 24.2 Å². The van der Waals surface area contributed by atoms with E-state index in [-0.39, 0.29) is 24.4 Å². The zero-order valence-electron chi connectivity index (χ0n) is 23.4. The Morgan fingerprint density at radius 3 is 2.30 bits per heavy atom. The molecule has 1 amide bonds. The molecule has 2 aromatic carbocycles. The number of carboxylic acid groups (broad SMARTS) is 1. The molecular weight excluding hydrogens is 510 g/mol. The van der Waals surface area contributed by atoms with Crippen molar-refractivity contribution < 1.29 is 19.8 Å². The van der Waals surface area contributed by atoms with Crippen molar-refractivity contribution in [2.75, 3.05) is 13.1 Å². The quantitative estimate of drug-likeness (QED) is 0.374. The van der Waals surface area contributed by atoms with Gasteiger partial charge in [0.25, 0.3) is 11.5 Å². The van der Waals surface area contributed by atoms with Crippen molar-refractivity contribution in [3.63, 3.8) is 0 Å². The summed E-state index contributed by atoms with van der Waals surface area (Å²) < 4.78 is 2.87. The van der Waals surface area contributed by atoms with Gasteiger partial charge < -0.3 is 15.1 Å². The minimum Gasteiger partial charge on any atom is -0.481 e. The van der Waals surface area contributed by atoms with Crippen LogP contribution in [0.4, 0.5) is 0 Å². The number of nitrogens with zero attached hydrogens (tertiary/aromatic N) is 5. The van der Waals surface area contributed by atoms with Gasteiger partial charge in [-0.05, 0) is 42.7 Å². The Morgan fingerprint density at radius 1 is 0.975 bits per heavy atom. The fourth-order valence-electron chi connectivity index (χ4n) is 4.59. The smallest absolute Gasteiger partial charge is 0.307 e. The summed E-state index contributed by atoms with van der Waals surface area (Å²) in [6, 6.07) is 15.9. The first-order valence-corrected chi connectivity index (χ1v) is 13.6. The third kappa shape index (κ3) is 6.81. The molecule has 1 aliphatic rings. The number of aromatic nitrogens is 4. The molecule has 0 atom stereocenters. The van der Waals surface area contributed by atoms with Crippen LogP contribution in [0.15, 0.2) is 71.9 Å². The molecule has 212 valence electrons. The second-order valence-electron chi connectivity index (χ2n) is 9.09. The molecule has 0 unspecified atom stereocenters. The second-order valence-corrected chi connectivity index (χ2v) is 9.09. The molecule has 1 saturated heterocycles. The van der Waals surface area contributed by atoms with E-state index in [1.807, 2.05) is 45.9 Å². The zero-order valence-corrected chi connectivity index (χ0v) is 23.4. The Balaban J connectivity index is 0.00000106. The molecule has 3 heterocycles. The van der Waals surface area contributed by atoms with E-state index in [2.05, 4.69) is 10.1 Å². The number of fused-ring (bicyclic) bond motifs is 1. The molecule has 2 N–H and O–H groups in total. The van der Waals surface area contributed by atoms with E-state index in [1.165, 1.54) is 21.8 Å². The van der Waals surface area contributed by atoms with Crippen LogP contribution in [0.25, 0.3) is 16.7 Å². The van der Waals surface area contributed by atoms with Gasteiger partial charge in [0.15, 0.2) is 5.65 Å². The third-order valence-electron chi connectivity index (χ3n) is 6.53. The summed E-state index contributed by atoms with van der Waals surface area (Å²) in [5.41, 5.74) is 0.689. The summed E-state index contributed by atoms with van der Waals surface area (Å²) in [5.74, 6) is -1.01. The normalized spacial score (nSPS) is 14.0. The number of amides is 1. The van der Waals surface area contributed by atoms with Gasteiger partial charge in [-0.3, -0.25) is 19.0 Å². The monoisotopic (exact) mass is 547 g/mol. The SMILES string of the molecule is CC.CC.O=C(O)Cc1cccc(-n2ncc3c(=O)n(CC4(O)CCN(C(=O)c5ccccc5)CC4)cnc32)c1. The van der Waals surface area contributed by atoms with Crippen molar-refractivity contribution >= 4 is 22.9 Å². The summed E-state index contributed by atoms with van der Waals surface area (Å²) in [6.45, 7) is 8.83. The predicted octanol–water partition coefficient (Wildman–Crippen LogP) is 3.93. The second kappa shape index (κ2) is 13.7. The van der Waals surface area contributed by atoms with Crippen molar-refractivity contribution in [2.45, 2.75) is 59.1 Å². The number of aliphatic carboxylic acids is 1. The van der Waals surface area contributed by atoms with Crippen LogP contribution in [0.1, 0.15) is 56.5 Å². The number of carbonyl (C=O) groups excluding carboxylic acids is 1. The van der Waals surface area contributed by atoms with Crippen molar-refractivity contribution in [2.24, 2.45) is 0 Å². The summed E-state index contributed by atoms with van der Waals surface area (Å²) in [6.07, 6.45) is 3.37. The number of hydrogen-bond acceptors (Lipinski definition) is 6. The van der Waals surface area contributed by atoms with Crippen LogP contribution in [0, 0.1) is 0 Å². The summed E-state index contributed by atoms with van der Waals surface area (Å²) >= 11 is 0. The number of hydrogen-bond donors (Lipinski definition) is 2. The average Bonchev–Trinajstić information content (AvgIpc) is 3.42. The minimum atomic E-state index is -1.15. The number of aliphatic hydroxyl groups is 1. The first-order chi connectivity index (χ1) is 19.3. The highest BCUT2D eigenvalue weighted by Gasteiger charge is 2.35. The Labute approximate surface area is 233 Å². The topological polar surface area (TPSA) is 131 Å². The van der Waals surface area contributed by atoms with Crippen LogP contribution < -0.4 is 5.56 Å². The van der Waals surface area contributed by atoms with E-state index in [0.717, 1.165) is 0 Å². The molecule has 0 spiro atoms. The lowest BCUT2D eigenvalue weighted by Gasteiger charge is -2.38. The summed E-state index contributed by atoms with van der Waals surface area (Å²) in [5, 5.41) is 24.8. The molecule has 0 saturated carbocycles. The fraction of sp³-hybridized carbons (Fsp3) is 0.367. The highest BCUT2D eigenvalue weighted by atomic mass is 16.4. The van der Waals surface area contributed by atoms with Gasteiger partial charge in [-0.1, -0.05) is 58.0 Å². The van der Waals surface area contributed by atoms with E-state index in [1.54, 1.807) is 41.3 Å². The zero-order chi connectivity index (χ0) is 29.3. The van der Waals surface area contributed by atoms with E-state index in [9.17, 15) is 19.5 Å². The molecule has 5 rings (SSSR count). The minimum absolute atomic E-state index is 0.0570. The number of carboxylic acids is 1. The predicted molar refractivity (Wildman–Crippen MR) is 154 cm³/mol. The molecule has 40 heavy (non-hydrogen) atoms. The lowest BCUT2D eigenvalue weighted by molar-refractivity contribution is -0.136. The average molecular weight is 548 g/mol. The Morgan fingerprint density at radius 2 is 1.65 bits per heavy atom. The van der Waals surface area contributed by atoms with Crippen LogP contribution in [-0.4, -0.2) is 65.0 Å². The molecule has 1 aliphatic heterocycles. The Hall–Kier alpha value is -4.31. The van der Waals surface area contributed by atoms with E-state index in [0.29, 0.717) is 53.8 Å². The van der Waals surface area contributed by atoms with Crippen LogP contribution in [-0.2, 0) is 17.8 Å². The lowest BCUT2D eigenvalue weighted by atomic mass is 9.91. The van der Waals surface area contributed by atoms with Gasteiger partial charge in [0, 0.05) is 18.7 Å². The Kier molecular flexibility index (Phi) is 10.3. The number of likely N-dealkylation sites (tertiary alicyclic amines) is 1. The first-order valence-electron chi connectivity index (χ1n) is 13.6. The molecule has 0 radical (unpaired) electrons. The van der Waals surface area contributed by atoms with Crippen molar-refractivity contribution in [3.8, 4) is 5.69 Å². The lowest BCUT2D eigenvalue weighted by Crippen LogP contribution is -2.49. The molecule has 0 bridgehead atoms. The van der Waals surface area contributed by atoms with Gasteiger partial charge in [0.2, 0.25) is 0 Å². The Bertz CT molecular complexity index is 1490.